The number of para-hydroxylation sites is 1. The second kappa shape index (κ2) is 6.89. The molecule has 0 saturated carbocycles. The van der Waals surface area contributed by atoms with Crippen molar-refractivity contribution in [1.82, 2.24) is 10.2 Å². The summed E-state index contributed by atoms with van der Waals surface area (Å²) < 4.78 is 11.1. The number of hydrogen-bond acceptors (Lipinski definition) is 5. The van der Waals surface area contributed by atoms with E-state index in [1.165, 1.54) is 0 Å². The standard InChI is InChI=1S/C16H13Cl2N3O2/c1-10-4-2-3-5-13(10)19-16-21-20-15(23-16)9-22-14-8-11(17)6-7-12(14)18/h2-8H,9H2,1H3,(H,19,21). The summed E-state index contributed by atoms with van der Waals surface area (Å²) in [6.07, 6.45) is 0. The first-order valence-corrected chi connectivity index (χ1v) is 7.60. The molecule has 3 aromatic rings. The quantitative estimate of drug-likeness (QED) is 0.701. The van der Waals surface area contributed by atoms with Gasteiger partial charge in [0, 0.05) is 16.8 Å². The highest BCUT2D eigenvalue weighted by Gasteiger charge is 2.09. The van der Waals surface area contributed by atoms with Gasteiger partial charge in [0.05, 0.1) is 5.02 Å². The van der Waals surface area contributed by atoms with Crippen LogP contribution in [0.4, 0.5) is 11.7 Å². The van der Waals surface area contributed by atoms with Crippen LogP contribution in [0.15, 0.2) is 46.9 Å². The summed E-state index contributed by atoms with van der Waals surface area (Å²) in [6, 6.07) is 13.1. The summed E-state index contributed by atoms with van der Waals surface area (Å²) >= 11 is 11.9. The van der Waals surface area contributed by atoms with Crippen molar-refractivity contribution in [2.24, 2.45) is 0 Å². The predicted molar refractivity (Wildman–Crippen MR) is 89.6 cm³/mol. The first kappa shape index (κ1) is 15.6. The van der Waals surface area contributed by atoms with E-state index in [4.69, 9.17) is 32.4 Å². The van der Waals surface area contributed by atoms with Gasteiger partial charge in [0.2, 0.25) is 0 Å². The van der Waals surface area contributed by atoms with Crippen LogP contribution in [0, 0.1) is 6.92 Å². The second-order valence-electron chi connectivity index (χ2n) is 4.80. The molecule has 0 aliphatic rings. The first-order valence-electron chi connectivity index (χ1n) is 6.85. The Morgan fingerprint density at radius 2 is 1.96 bits per heavy atom. The van der Waals surface area contributed by atoms with E-state index < -0.39 is 0 Å². The van der Waals surface area contributed by atoms with Crippen molar-refractivity contribution < 1.29 is 9.15 Å². The van der Waals surface area contributed by atoms with Crippen LogP contribution in [0.25, 0.3) is 0 Å². The minimum Gasteiger partial charge on any atom is -0.482 e. The zero-order valence-corrected chi connectivity index (χ0v) is 13.7. The third kappa shape index (κ3) is 3.94. The molecule has 0 bridgehead atoms. The van der Waals surface area contributed by atoms with Crippen LogP contribution in [0.2, 0.25) is 10.0 Å². The van der Waals surface area contributed by atoms with Gasteiger partial charge in [0.1, 0.15) is 5.75 Å². The summed E-state index contributed by atoms with van der Waals surface area (Å²) in [4.78, 5) is 0. The molecule has 7 heteroatoms. The Hall–Kier alpha value is -2.24. The molecule has 5 nitrogen and oxygen atoms in total. The fraction of sp³-hybridized carbons (Fsp3) is 0.125. The molecule has 1 heterocycles. The van der Waals surface area contributed by atoms with E-state index in [1.807, 2.05) is 31.2 Å². The molecule has 0 fully saturated rings. The van der Waals surface area contributed by atoms with Crippen molar-refractivity contribution in [3.63, 3.8) is 0 Å². The number of nitrogens with zero attached hydrogens (tertiary/aromatic N) is 2. The number of benzene rings is 2. The van der Waals surface area contributed by atoms with Crippen molar-refractivity contribution in [2.45, 2.75) is 13.5 Å². The Morgan fingerprint density at radius 3 is 2.78 bits per heavy atom. The average Bonchev–Trinajstić information content (AvgIpc) is 2.98. The van der Waals surface area contributed by atoms with E-state index in [1.54, 1.807) is 18.2 Å². The molecule has 1 N–H and O–H groups in total. The van der Waals surface area contributed by atoms with E-state index in [2.05, 4.69) is 15.5 Å². The van der Waals surface area contributed by atoms with Gasteiger partial charge >= 0.3 is 6.01 Å². The third-order valence-corrected chi connectivity index (χ3v) is 3.65. The number of aromatic nitrogens is 2. The highest BCUT2D eigenvalue weighted by Crippen LogP contribution is 2.28. The Bertz CT molecular complexity index is 821. The monoisotopic (exact) mass is 349 g/mol. The highest BCUT2D eigenvalue weighted by molar-refractivity contribution is 6.34. The van der Waals surface area contributed by atoms with Gasteiger partial charge in [-0.25, -0.2) is 0 Å². The maximum Gasteiger partial charge on any atom is 0.320 e. The van der Waals surface area contributed by atoms with Crippen LogP contribution in [-0.2, 0) is 6.61 Å². The summed E-state index contributed by atoms with van der Waals surface area (Å²) in [5.41, 5.74) is 1.98. The minimum atomic E-state index is 0.0997. The van der Waals surface area contributed by atoms with E-state index in [9.17, 15) is 0 Å². The lowest BCUT2D eigenvalue weighted by Gasteiger charge is -2.06. The largest absolute Gasteiger partial charge is 0.482 e. The number of halogens is 2. The molecule has 2 aromatic carbocycles. The Morgan fingerprint density at radius 1 is 1.13 bits per heavy atom. The SMILES string of the molecule is Cc1ccccc1Nc1nnc(COc2cc(Cl)ccc2Cl)o1. The first-order chi connectivity index (χ1) is 11.1. The Labute approximate surface area is 143 Å². The lowest BCUT2D eigenvalue weighted by molar-refractivity contribution is 0.265. The fourth-order valence-electron chi connectivity index (χ4n) is 1.92. The summed E-state index contributed by atoms with van der Waals surface area (Å²) in [6.45, 7) is 2.09. The molecular formula is C16H13Cl2N3O2. The van der Waals surface area contributed by atoms with Crippen molar-refractivity contribution in [3.8, 4) is 5.75 Å². The van der Waals surface area contributed by atoms with Gasteiger partial charge in [-0.1, -0.05) is 46.5 Å². The summed E-state index contributed by atoms with van der Waals surface area (Å²) in [5, 5.41) is 11.9. The molecule has 118 valence electrons. The molecule has 0 amide bonds. The lowest BCUT2D eigenvalue weighted by Crippen LogP contribution is -1.96. The molecule has 0 aliphatic carbocycles. The topological polar surface area (TPSA) is 60.2 Å². The number of nitrogens with one attached hydrogen (secondary N) is 1. The Kier molecular flexibility index (Phi) is 4.69. The number of anilines is 2. The molecule has 0 aliphatic heterocycles. The average molecular weight is 350 g/mol. The zero-order valence-electron chi connectivity index (χ0n) is 12.2. The fourth-order valence-corrected chi connectivity index (χ4v) is 2.25. The highest BCUT2D eigenvalue weighted by atomic mass is 35.5. The zero-order chi connectivity index (χ0) is 16.2. The number of rotatable bonds is 5. The maximum atomic E-state index is 6.03. The number of hydrogen-bond donors (Lipinski definition) is 1. The lowest BCUT2D eigenvalue weighted by atomic mass is 10.2. The summed E-state index contributed by atoms with van der Waals surface area (Å²) in [5.74, 6) is 0.794. The maximum absolute atomic E-state index is 6.03. The van der Waals surface area contributed by atoms with E-state index in [-0.39, 0.29) is 6.61 Å². The third-order valence-electron chi connectivity index (χ3n) is 3.10. The van der Waals surface area contributed by atoms with Crippen molar-refractivity contribution in [3.05, 3.63) is 64.0 Å². The van der Waals surface area contributed by atoms with Crippen molar-refractivity contribution in [1.29, 1.82) is 0 Å². The van der Waals surface area contributed by atoms with E-state index >= 15 is 0 Å². The van der Waals surface area contributed by atoms with Crippen LogP contribution in [0.5, 0.6) is 5.75 Å². The van der Waals surface area contributed by atoms with Gasteiger partial charge in [-0.3, -0.25) is 0 Å². The molecule has 0 unspecified atom stereocenters. The van der Waals surface area contributed by atoms with Crippen LogP contribution in [0.3, 0.4) is 0 Å². The smallest absolute Gasteiger partial charge is 0.320 e. The van der Waals surface area contributed by atoms with Gasteiger partial charge < -0.3 is 14.5 Å². The molecule has 0 radical (unpaired) electrons. The number of aryl methyl sites for hydroxylation is 1. The van der Waals surface area contributed by atoms with Crippen LogP contribution in [0.1, 0.15) is 11.5 Å². The van der Waals surface area contributed by atoms with Crippen LogP contribution >= 0.6 is 23.2 Å². The normalized spacial score (nSPS) is 10.6. The van der Waals surface area contributed by atoms with Gasteiger partial charge in [-0.15, -0.1) is 5.10 Å². The van der Waals surface area contributed by atoms with Gasteiger partial charge in [0.25, 0.3) is 5.89 Å². The number of ether oxygens (including phenoxy) is 1. The molecule has 0 saturated heterocycles. The second-order valence-corrected chi connectivity index (χ2v) is 5.65. The molecule has 0 spiro atoms. The van der Waals surface area contributed by atoms with E-state index in [0.717, 1.165) is 11.3 Å². The Balaban J connectivity index is 1.66. The van der Waals surface area contributed by atoms with Crippen molar-refractivity contribution >= 4 is 34.9 Å². The van der Waals surface area contributed by atoms with Crippen molar-refractivity contribution in [2.75, 3.05) is 5.32 Å². The van der Waals surface area contributed by atoms with Crippen LogP contribution < -0.4 is 10.1 Å². The molecular weight excluding hydrogens is 337 g/mol. The van der Waals surface area contributed by atoms with E-state index in [0.29, 0.717) is 27.7 Å². The van der Waals surface area contributed by atoms with Gasteiger partial charge in [0.15, 0.2) is 6.61 Å². The molecule has 0 atom stereocenters. The molecule has 3 rings (SSSR count). The predicted octanol–water partition coefficient (Wildman–Crippen LogP) is 5.01. The molecule has 23 heavy (non-hydrogen) atoms. The molecule has 1 aromatic heterocycles. The summed E-state index contributed by atoms with van der Waals surface area (Å²) in [7, 11) is 0. The van der Waals surface area contributed by atoms with Gasteiger partial charge in [-0.05, 0) is 30.7 Å². The van der Waals surface area contributed by atoms with Gasteiger partial charge in [-0.2, -0.15) is 0 Å². The minimum absolute atomic E-state index is 0.0997. The van der Waals surface area contributed by atoms with Crippen LogP contribution in [-0.4, -0.2) is 10.2 Å².